The van der Waals surface area contributed by atoms with Crippen LogP contribution in [0.15, 0.2) is 6.33 Å². The molecule has 1 aliphatic heterocycles. The summed E-state index contributed by atoms with van der Waals surface area (Å²) in [5, 5.41) is 8.38. The average Bonchev–Trinajstić information content (AvgIpc) is 3.01. The van der Waals surface area contributed by atoms with Crippen LogP contribution in [0.1, 0.15) is 57.3 Å². The van der Waals surface area contributed by atoms with Gasteiger partial charge in [0.1, 0.15) is 12.2 Å². The van der Waals surface area contributed by atoms with Crippen molar-refractivity contribution < 1.29 is 0 Å². The van der Waals surface area contributed by atoms with Gasteiger partial charge in [-0.05, 0) is 37.6 Å². The highest BCUT2D eigenvalue weighted by molar-refractivity contribution is 4.99. The maximum atomic E-state index is 4.33. The van der Waals surface area contributed by atoms with Crippen molar-refractivity contribution in [1.82, 2.24) is 19.7 Å². The van der Waals surface area contributed by atoms with Crippen LogP contribution in [-0.4, -0.2) is 32.8 Å². The minimum absolute atomic E-state index is 0.502. The molecule has 1 aliphatic carbocycles. The molecule has 2 heterocycles. The Balaban J connectivity index is 1.68. The first-order valence-electron chi connectivity index (χ1n) is 7.83. The van der Waals surface area contributed by atoms with Crippen LogP contribution in [0.2, 0.25) is 0 Å². The topological polar surface area (TPSA) is 34.0 Å². The Bertz CT molecular complexity index is 414. The van der Waals surface area contributed by atoms with Crippen LogP contribution in [0.25, 0.3) is 0 Å². The molecule has 106 valence electrons. The molecule has 4 nitrogen and oxygen atoms in total. The number of hydrogen-bond acceptors (Lipinski definition) is 3. The Morgan fingerprint density at radius 2 is 2.05 bits per heavy atom. The van der Waals surface area contributed by atoms with Crippen LogP contribution in [0, 0.1) is 11.8 Å². The Morgan fingerprint density at radius 1 is 1.21 bits per heavy atom. The smallest absolute Gasteiger partial charge is 0.149 e. The van der Waals surface area contributed by atoms with Crippen molar-refractivity contribution in [2.24, 2.45) is 18.9 Å². The maximum absolute atomic E-state index is 4.33. The summed E-state index contributed by atoms with van der Waals surface area (Å²) in [5.41, 5.74) is 0. The predicted molar refractivity (Wildman–Crippen MR) is 75.7 cm³/mol. The molecule has 0 bridgehead atoms. The molecule has 1 aromatic heterocycles. The molecule has 0 radical (unpaired) electrons. The zero-order valence-electron chi connectivity index (χ0n) is 12.3. The van der Waals surface area contributed by atoms with Crippen LogP contribution in [-0.2, 0) is 7.05 Å². The van der Waals surface area contributed by atoms with Gasteiger partial charge in [-0.25, -0.2) is 0 Å². The van der Waals surface area contributed by atoms with Crippen molar-refractivity contribution in [1.29, 1.82) is 0 Å². The second kappa shape index (κ2) is 5.61. The zero-order valence-corrected chi connectivity index (χ0v) is 12.3. The fraction of sp³-hybridized carbons (Fsp3) is 0.867. The summed E-state index contributed by atoms with van der Waals surface area (Å²) in [6.07, 6.45) is 10.1. The number of aryl methyl sites for hydroxylation is 1. The molecule has 2 aliphatic rings. The third kappa shape index (κ3) is 2.69. The van der Waals surface area contributed by atoms with Gasteiger partial charge >= 0.3 is 0 Å². The minimum atomic E-state index is 0.502. The molecule has 0 spiro atoms. The molecule has 19 heavy (non-hydrogen) atoms. The molecule has 0 aromatic carbocycles. The summed E-state index contributed by atoms with van der Waals surface area (Å²) in [4.78, 5) is 2.66. The van der Waals surface area contributed by atoms with E-state index < -0.39 is 0 Å². The number of likely N-dealkylation sites (tertiary alicyclic amines) is 1. The highest BCUT2D eigenvalue weighted by atomic mass is 15.3. The van der Waals surface area contributed by atoms with Crippen molar-refractivity contribution >= 4 is 0 Å². The lowest BCUT2D eigenvalue weighted by Crippen LogP contribution is -2.34. The van der Waals surface area contributed by atoms with Gasteiger partial charge in [0.15, 0.2) is 0 Å². The Kier molecular flexibility index (Phi) is 3.87. The molecule has 1 saturated heterocycles. The molecular formula is C15H26N4. The lowest BCUT2D eigenvalue weighted by atomic mass is 9.80. The van der Waals surface area contributed by atoms with Gasteiger partial charge in [-0.2, -0.15) is 0 Å². The van der Waals surface area contributed by atoms with E-state index in [1.54, 1.807) is 0 Å². The summed E-state index contributed by atoms with van der Waals surface area (Å²) < 4.78 is 2.09. The van der Waals surface area contributed by atoms with Crippen LogP contribution in [0.5, 0.6) is 0 Å². The molecule has 2 fully saturated rings. The Labute approximate surface area is 116 Å². The van der Waals surface area contributed by atoms with Gasteiger partial charge in [-0.1, -0.05) is 26.2 Å². The monoisotopic (exact) mass is 262 g/mol. The van der Waals surface area contributed by atoms with Crippen molar-refractivity contribution in [2.75, 3.05) is 13.1 Å². The summed E-state index contributed by atoms with van der Waals surface area (Å²) in [6, 6.07) is 0.502. The molecule has 4 heteroatoms. The summed E-state index contributed by atoms with van der Waals surface area (Å²) in [6.45, 7) is 4.94. The van der Waals surface area contributed by atoms with Gasteiger partial charge in [-0.3, -0.25) is 4.90 Å². The van der Waals surface area contributed by atoms with Gasteiger partial charge in [0, 0.05) is 13.6 Å². The van der Waals surface area contributed by atoms with Gasteiger partial charge in [0.2, 0.25) is 0 Å². The van der Waals surface area contributed by atoms with E-state index in [0.717, 1.165) is 17.7 Å². The fourth-order valence-electron chi connectivity index (χ4n) is 3.90. The number of nitrogens with zero attached hydrogens (tertiary/aromatic N) is 4. The second-order valence-electron chi connectivity index (χ2n) is 6.47. The molecule has 1 saturated carbocycles. The highest BCUT2D eigenvalue weighted by Gasteiger charge is 2.32. The average molecular weight is 262 g/mol. The van der Waals surface area contributed by atoms with Crippen molar-refractivity contribution in [2.45, 2.75) is 51.5 Å². The van der Waals surface area contributed by atoms with Gasteiger partial charge in [-0.15, -0.1) is 10.2 Å². The molecule has 0 unspecified atom stereocenters. The number of aromatic nitrogens is 3. The van der Waals surface area contributed by atoms with Gasteiger partial charge in [0.25, 0.3) is 0 Å². The third-order valence-electron chi connectivity index (χ3n) is 5.17. The number of rotatable bonds is 3. The van der Waals surface area contributed by atoms with Crippen LogP contribution >= 0.6 is 0 Å². The molecule has 0 amide bonds. The highest BCUT2D eigenvalue weighted by Crippen LogP contribution is 2.35. The van der Waals surface area contributed by atoms with Crippen molar-refractivity contribution in [3.63, 3.8) is 0 Å². The molecule has 0 N–H and O–H groups in total. The number of hydrogen-bond donors (Lipinski definition) is 0. The maximum Gasteiger partial charge on any atom is 0.149 e. The Morgan fingerprint density at radius 3 is 2.79 bits per heavy atom. The first kappa shape index (κ1) is 13.1. The fourth-order valence-corrected chi connectivity index (χ4v) is 3.90. The van der Waals surface area contributed by atoms with E-state index in [2.05, 4.69) is 33.6 Å². The van der Waals surface area contributed by atoms with E-state index in [9.17, 15) is 0 Å². The standard InChI is InChI=1S/C15H26N4/c1-12-6-3-4-7-13(12)10-19-9-5-8-14(19)15-17-16-11-18(15)2/h11-14H,3-10H2,1-2H3/t12-,13+,14-/m1/s1. The Hall–Kier alpha value is -0.900. The normalized spacial score (nSPS) is 32.8. The SMILES string of the molecule is C[C@@H]1CCCC[C@H]1CN1CCC[C@@H]1c1nncn1C. The van der Waals surface area contributed by atoms with Crippen molar-refractivity contribution in [3.8, 4) is 0 Å². The van der Waals surface area contributed by atoms with E-state index in [1.165, 1.54) is 51.6 Å². The van der Waals surface area contributed by atoms with E-state index in [0.29, 0.717) is 6.04 Å². The van der Waals surface area contributed by atoms with E-state index >= 15 is 0 Å². The molecular weight excluding hydrogens is 236 g/mol. The van der Waals surface area contributed by atoms with Crippen molar-refractivity contribution in [3.05, 3.63) is 12.2 Å². The van der Waals surface area contributed by atoms with E-state index in [4.69, 9.17) is 0 Å². The zero-order chi connectivity index (χ0) is 13.2. The summed E-state index contributed by atoms with van der Waals surface area (Å²) in [5.74, 6) is 2.94. The first-order chi connectivity index (χ1) is 9.25. The van der Waals surface area contributed by atoms with Gasteiger partial charge < -0.3 is 4.57 Å². The lowest BCUT2D eigenvalue weighted by Gasteiger charge is -2.34. The van der Waals surface area contributed by atoms with Crippen LogP contribution in [0.4, 0.5) is 0 Å². The van der Waals surface area contributed by atoms with Crippen LogP contribution < -0.4 is 0 Å². The lowest BCUT2D eigenvalue weighted by molar-refractivity contribution is 0.146. The minimum Gasteiger partial charge on any atom is -0.319 e. The largest absolute Gasteiger partial charge is 0.319 e. The molecule has 1 aromatic rings. The summed E-state index contributed by atoms with van der Waals surface area (Å²) >= 11 is 0. The molecule has 3 atom stereocenters. The van der Waals surface area contributed by atoms with Gasteiger partial charge in [0.05, 0.1) is 6.04 Å². The van der Waals surface area contributed by atoms with E-state index in [-0.39, 0.29) is 0 Å². The summed E-state index contributed by atoms with van der Waals surface area (Å²) in [7, 11) is 2.06. The van der Waals surface area contributed by atoms with Crippen LogP contribution in [0.3, 0.4) is 0 Å². The predicted octanol–water partition coefficient (Wildman–Crippen LogP) is 2.78. The second-order valence-corrected chi connectivity index (χ2v) is 6.47. The molecule has 3 rings (SSSR count). The van der Waals surface area contributed by atoms with E-state index in [1.807, 2.05) is 6.33 Å². The quantitative estimate of drug-likeness (QED) is 0.840. The first-order valence-corrected chi connectivity index (χ1v) is 7.83. The third-order valence-corrected chi connectivity index (χ3v) is 5.17.